The molecule has 16 heavy (non-hydrogen) atoms. The summed E-state index contributed by atoms with van der Waals surface area (Å²) in [5, 5.41) is 2.84. The maximum atomic E-state index is 11.8. The Kier molecular flexibility index (Phi) is 3.10. The molecule has 1 aromatic heterocycles. The molecule has 1 amide bonds. The van der Waals surface area contributed by atoms with Crippen LogP contribution >= 0.6 is 15.9 Å². The quantitative estimate of drug-likeness (QED) is 0.900. The zero-order valence-corrected chi connectivity index (χ0v) is 10.4. The normalized spacial score (nSPS) is 10.1. The molecule has 0 radical (unpaired) electrons. The van der Waals surface area contributed by atoms with Crippen LogP contribution in [0.5, 0.6) is 0 Å². The molecule has 0 aliphatic heterocycles. The Bertz CT molecular complexity index is 519. The Morgan fingerprint density at radius 3 is 2.69 bits per heavy atom. The van der Waals surface area contributed by atoms with Crippen molar-refractivity contribution >= 4 is 27.5 Å². The van der Waals surface area contributed by atoms with E-state index in [4.69, 9.17) is 0 Å². The van der Waals surface area contributed by atoms with E-state index in [0.29, 0.717) is 5.56 Å². The first-order valence-corrected chi connectivity index (χ1v) is 5.64. The van der Waals surface area contributed by atoms with Crippen LogP contribution in [0.25, 0.3) is 0 Å². The number of anilines is 1. The summed E-state index contributed by atoms with van der Waals surface area (Å²) in [6.45, 7) is 0. The summed E-state index contributed by atoms with van der Waals surface area (Å²) in [4.78, 5) is 11.8. The maximum absolute atomic E-state index is 11.8. The smallest absolute Gasteiger partial charge is 0.257 e. The molecule has 2 rings (SSSR count). The van der Waals surface area contributed by atoms with Gasteiger partial charge in [0.2, 0.25) is 0 Å². The number of para-hydroxylation sites is 1. The molecule has 1 heterocycles. The molecule has 0 aliphatic rings. The van der Waals surface area contributed by atoms with E-state index >= 15 is 0 Å². The van der Waals surface area contributed by atoms with Crippen molar-refractivity contribution in [3.63, 3.8) is 0 Å². The van der Waals surface area contributed by atoms with Crippen LogP contribution in [0.3, 0.4) is 0 Å². The van der Waals surface area contributed by atoms with E-state index in [1.165, 1.54) is 0 Å². The van der Waals surface area contributed by atoms with Crippen LogP contribution in [0.1, 0.15) is 10.4 Å². The predicted molar refractivity (Wildman–Crippen MR) is 67.5 cm³/mol. The van der Waals surface area contributed by atoms with Gasteiger partial charge in [-0.1, -0.05) is 12.1 Å². The first-order valence-electron chi connectivity index (χ1n) is 4.84. The summed E-state index contributed by atoms with van der Waals surface area (Å²) >= 11 is 3.38. The molecule has 4 heteroatoms. The number of hydrogen-bond donors (Lipinski definition) is 1. The molecular weight excluding hydrogens is 268 g/mol. The molecular formula is C12H11BrN2O. The van der Waals surface area contributed by atoms with E-state index in [0.717, 1.165) is 10.2 Å². The van der Waals surface area contributed by atoms with Crippen molar-refractivity contribution in [1.29, 1.82) is 0 Å². The molecule has 82 valence electrons. The number of aromatic nitrogens is 1. The standard InChI is InChI=1S/C12H11BrN2O/c1-15-7-6-9(8-15)12(16)14-11-5-3-2-4-10(11)13/h2-8H,1H3,(H,14,16). The summed E-state index contributed by atoms with van der Waals surface area (Å²) in [6, 6.07) is 9.31. The Morgan fingerprint density at radius 2 is 2.06 bits per heavy atom. The van der Waals surface area contributed by atoms with Crippen molar-refractivity contribution < 1.29 is 4.79 Å². The summed E-state index contributed by atoms with van der Waals surface area (Å²) in [5.41, 5.74) is 1.43. The van der Waals surface area contributed by atoms with Crippen molar-refractivity contribution in [2.24, 2.45) is 7.05 Å². The van der Waals surface area contributed by atoms with Crippen molar-refractivity contribution in [1.82, 2.24) is 4.57 Å². The van der Waals surface area contributed by atoms with E-state index in [1.54, 1.807) is 12.3 Å². The average Bonchev–Trinajstić information content (AvgIpc) is 2.68. The van der Waals surface area contributed by atoms with Crippen LogP contribution in [0.15, 0.2) is 47.2 Å². The van der Waals surface area contributed by atoms with Gasteiger partial charge >= 0.3 is 0 Å². The van der Waals surface area contributed by atoms with Gasteiger partial charge in [-0.3, -0.25) is 4.79 Å². The van der Waals surface area contributed by atoms with Gasteiger partial charge in [-0.05, 0) is 34.1 Å². The molecule has 0 unspecified atom stereocenters. The Labute approximate surface area is 102 Å². The number of halogens is 1. The molecule has 0 aliphatic carbocycles. The fraction of sp³-hybridized carbons (Fsp3) is 0.0833. The number of nitrogens with zero attached hydrogens (tertiary/aromatic N) is 1. The van der Waals surface area contributed by atoms with Crippen LogP contribution < -0.4 is 5.32 Å². The monoisotopic (exact) mass is 278 g/mol. The summed E-state index contributed by atoms with van der Waals surface area (Å²) in [5.74, 6) is -0.104. The van der Waals surface area contributed by atoms with E-state index in [2.05, 4.69) is 21.2 Å². The Morgan fingerprint density at radius 1 is 1.31 bits per heavy atom. The number of carbonyl (C=O) groups excluding carboxylic acids is 1. The largest absolute Gasteiger partial charge is 0.356 e. The predicted octanol–water partition coefficient (Wildman–Crippen LogP) is 3.04. The third-order valence-electron chi connectivity index (χ3n) is 2.22. The van der Waals surface area contributed by atoms with Crippen LogP contribution in [0.2, 0.25) is 0 Å². The second-order valence-corrected chi connectivity index (χ2v) is 4.35. The van der Waals surface area contributed by atoms with Gasteiger partial charge in [-0.2, -0.15) is 0 Å². The number of nitrogens with one attached hydrogen (secondary N) is 1. The van der Waals surface area contributed by atoms with E-state index in [1.807, 2.05) is 42.1 Å². The van der Waals surface area contributed by atoms with Crippen molar-refractivity contribution in [2.75, 3.05) is 5.32 Å². The SMILES string of the molecule is Cn1ccc(C(=O)Nc2ccccc2Br)c1. The summed E-state index contributed by atoms with van der Waals surface area (Å²) in [7, 11) is 1.88. The first-order chi connectivity index (χ1) is 7.66. The van der Waals surface area contributed by atoms with Gasteiger partial charge in [-0.25, -0.2) is 0 Å². The molecule has 0 saturated carbocycles. The first kappa shape index (κ1) is 11.0. The van der Waals surface area contributed by atoms with Gasteiger partial charge in [0.25, 0.3) is 5.91 Å². The number of amides is 1. The molecule has 0 saturated heterocycles. The van der Waals surface area contributed by atoms with Gasteiger partial charge in [0.15, 0.2) is 0 Å². The molecule has 2 aromatic rings. The van der Waals surface area contributed by atoms with Gasteiger partial charge in [0.05, 0.1) is 11.3 Å². The van der Waals surface area contributed by atoms with Gasteiger partial charge in [0.1, 0.15) is 0 Å². The topological polar surface area (TPSA) is 34.0 Å². The molecule has 0 atom stereocenters. The number of carbonyl (C=O) groups is 1. The van der Waals surface area contributed by atoms with Crippen LogP contribution in [0, 0.1) is 0 Å². The van der Waals surface area contributed by atoms with Crippen LogP contribution in [-0.2, 0) is 7.05 Å². The third kappa shape index (κ3) is 2.33. The lowest BCUT2D eigenvalue weighted by molar-refractivity contribution is 0.102. The van der Waals surface area contributed by atoms with E-state index in [9.17, 15) is 4.79 Å². The second-order valence-electron chi connectivity index (χ2n) is 3.50. The van der Waals surface area contributed by atoms with Crippen molar-refractivity contribution in [3.05, 3.63) is 52.8 Å². The lowest BCUT2D eigenvalue weighted by Crippen LogP contribution is -2.11. The van der Waals surface area contributed by atoms with Crippen molar-refractivity contribution in [2.45, 2.75) is 0 Å². The highest BCUT2D eigenvalue weighted by Gasteiger charge is 2.08. The average molecular weight is 279 g/mol. The number of hydrogen-bond acceptors (Lipinski definition) is 1. The third-order valence-corrected chi connectivity index (χ3v) is 2.91. The molecule has 0 spiro atoms. The van der Waals surface area contributed by atoms with Gasteiger partial charge in [-0.15, -0.1) is 0 Å². The fourth-order valence-corrected chi connectivity index (χ4v) is 1.78. The molecule has 1 N–H and O–H groups in total. The molecule has 0 bridgehead atoms. The summed E-state index contributed by atoms with van der Waals surface area (Å²) in [6.07, 6.45) is 3.63. The maximum Gasteiger partial charge on any atom is 0.257 e. The van der Waals surface area contributed by atoms with Gasteiger partial charge in [0, 0.05) is 23.9 Å². The zero-order chi connectivity index (χ0) is 11.5. The Balaban J connectivity index is 2.17. The highest BCUT2D eigenvalue weighted by molar-refractivity contribution is 9.10. The number of benzene rings is 1. The highest BCUT2D eigenvalue weighted by Crippen LogP contribution is 2.21. The number of aryl methyl sites for hydroxylation is 1. The highest BCUT2D eigenvalue weighted by atomic mass is 79.9. The summed E-state index contributed by atoms with van der Waals surface area (Å²) < 4.78 is 2.72. The zero-order valence-electron chi connectivity index (χ0n) is 8.77. The lowest BCUT2D eigenvalue weighted by Gasteiger charge is -2.05. The van der Waals surface area contributed by atoms with Gasteiger partial charge < -0.3 is 9.88 Å². The van der Waals surface area contributed by atoms with Crippen LogP contribution in [-0.4, -0.2) is 10.5 Å². The number of rotatable bonds is 2. The van der Waals surface area contributed by atoms with Crippen LogP contribution in [0.4, 0.5) is 5.69 Å². The molecule has 0 fully saturated rings. The Hall–Kier alpha value is -1.55. The van der Waals surface area contributed by atoms with E-state index < -0.39 is 0 Å². The van der Waals surface area contributed by atoms with E-state index in [-0.39, 0.29) is 5.91 Å². The minimum absolute atomic E-state index is 0.104. The second kappa shape index (κ2) is 4.53. The van der Waals surface area contributed by atoms with Crippen molar-refractivity contribution in [3.8, 4) is 0 Å². The molecule has 1 aromatic carbocycles. The minimum atomic E-state index is -0.104. The molecule has 3 nitrogen and oxygen atoms in total. The lowest BCUT2D eigenvalue weighted by atomic mass is 10.3. The minimum Gasteiger partial charge on any atom is -0.356 e. The fourth-order valence-electron chi connectivity index (χ4n) is 1.39.